The summed E-state index contributed by atoms with van der Waals surface area (Å²) in [5, 5.41) is 9.45. The van der Waals surface area contributed by atoms with Crippen molar-refractivity contribution in [3.8, 4) is 0 Å². The number of imide groups is 1. The predicted molar refractivity (Wildman–Crippen MR) is 101 cm³/mol. The van der Waals surface area contributed by atoms with Crippen LogP contribution in [0.15, 0.2) is 29.4 Å². The van der Waals surface area contributed by atoms with Crippen molar-refractivity contribution < 1.29 is 14.3 Å². The quantitative estimate of drug-likeness (QED) is 0.549. The van der Waals surface area contributed by atoms with Gasteiger partial charge in [0.2, 0.25) is 5.95 Å². The van der Waals surface area contributed by atoms with Gasteiger partial charge in [0, 0.05) is 31.9 Å². The van der Waals surface area contributed by atoms with Gasteiger partial charge in [0.25, 0.3) is 11.8 Å². The third kappa shape index (κ3) is 3.32. The van der Waals surface area contributed by atoms with E-state index in [1.165, 1.54) is 16.7 Å². The molecular weight excluding hydrogens is 366 g/mol. The molecule has 2 amide bonds. The van der Waals surface area contributed by atoms with E-state index in [-0.39, 0.29) is 11.8 Å². The van der Waals surface area contributed by atoms with Crippen LogP contribution in [0.25, 0.3) is 0 Å². The van der Waals surface area contributed by atoms with Gasteiger partial charge in [-0.2, -0.15) is 0 Å². The SMILES string of the molecule is CCn1c(SCCN2C(=O)c3ccccc3C2=O)nnc1N1CCOCC1. The van der Waals surface area contributed by atoms with E-state index in [0.717, 1.165) is 30.7 Å². The highest BCUT2D eigenvalue weighted by Gasteiger charge is 2.34. The number of amides is 2. The molecule has 2 aliphatic heterocycles. The fourth-order valence-corrected chi connectivity index (χ4v) is 4.25. The molecular formula is C18H21N5O3S. The Hall–Kier alpha value is -2.39. The lowest BCUT2D eigenvalue weighted by molar-refractivity contribution is 0.0664. The Morgan fingerprint density at radius 2 is 1.74 bits per heavy atom. The Morgan fingerprint density at radius 3 is 2.37 bits per heavy atom. The summed E-state index contributed by atoms with van der Waals surface area (Å²) >= 11 is 1.51. The minimum atomic E-state index is -0.220. The zero-order valence-corrected chi connectivity index (χ0v) is 15.9. The lowest BCUT2D eigenvalue weighted by atomic mass is 10.1. The molecule has 1 aromatic carbocycles. The molecule has 0 aliphatic carbocycles. The number of hydrogen-bond donors (Lipinski definition) is 0. The maximum Gasteiger partial charge on any atom is 0.261 e. The smallest absolute Gasteiger partial charge is 0.261 e. The normalized spacial score (nSPS) is 16.9. The first-order chi connectivity index (χ1) is 13.2. The van der Waals surface area contributed by atoms with E-state index in [0.29, 0.717) is 36.6 Å². The highest BCUT2D eigenvalue weighted by molar-refractivity contribution is 7.99. The number of aromatic nitrogens is 3. The van der Waals surface area contributed by atoms with Crippen LogP contribution in [0, 0.1) is 0 Å². The number of morpholine rings is 1. The number of ether oxygens (including phenoxy) is 1. The van der Waals surface area contributed by atoms with Crippen LogP contribution in [0.4, 0.5) is 5.95 Å². The third-order valence-corrected chi connectivity index (χ3v) is 5.68. The first-order valence-electron chi connectivity index (χ1n) is 9.04. The van der Waals surface area contributed by atoms with Crippen molar-refractivity contribution in [1.82, 2.24) is 19.7 Å². The Bertz CT molecular complexity index is 827. The number of rotatable bonds is 6. The topological polar surface area (TPSA) is 80.6 Å². The highest BCUT2D eigenvalue weighted by Crippen LogP contribution is 2.25. The summed E-state index contributed by atoms with van der Waals surface area (Å²) in [7, 11) is 0. The van der Waals surface area contributed by atoms with E-state index in [9.17, 15) is 9.59 Å². The van der Waals surface area contributed by atoms with Crippen LogP contribution in [-0.4, -0.2) is 70.1 Å². The van der Waals surface area contributed by atoms with Crippen LogP contribution in [0.3, 0.4) is 0 Å². The summed E-state index contributed by atoms with van der Waals surface area (Å²) in [5.41, 5.74) is 0.970. The van der Waals surface area contributed by atoms with Crippen LogP contribution in [-0.2, 0) is 11.3 Å². The van der Waals surface area contributed by atoms with Crippen LogP contribution in [0.5, 0.6) is 0 Å². The average molecular weight is 387 g/mol. The van der Waals surface area contributed by atoms with Crippen molar-refractivity contribution in [3.05, 3.63) is 35.4 Å². The van der Waals surface area contributed by atoms with E-state index in [2.05, 4.69) is 26.6 Å². The average Bonchev–Trinajstić information content (AvgIpc) is 3.23. The van der Waals surface area contributed by atoms with Gasteiger partial charge in [-0.3, -0.25) is 19.1 Å². The van der Waals surface area contributed by atoms with Crippen LogP contribution < -0.4 is 4.90 Å². The van der Waals surface area contributed by atoms with Crippen molar-refractivity contribution in [1.29, 1.82) is 0 Å². The molecule has 2 aromatic rings. The van der Waals surface area contributed by atoms with Gasteiger partial charge in [0.15, 0.2) is 5.16 Å². The number of thioether (sulfide) groups is 1. The second-order valence-corrected chi connectivity index (χ2v) is 7.34. The molecule has 8 nitrogen and oxygen atoms in total. The van der Waals surface area contributed by atoms with Crippen molar-refractivity contribution in [2.75, 3.05) is 43.5 Å². The number of fused-ring (bicyclic) bond motifs is 1. The van der Waals surface area contributed by atoms with Gasteiger partial charge in [-0.05, 0) is 19.1 Å². The molecule has 1 fully saturated rings. The number of carbonyl (C=O) groups is 2. The molecule has 0 bridgehead atoms. The summed E-state index contributed by atoms with van der Waals surface area (Å²) in [4.78, 5) is 28.3. The molecule has 9 heteroatoms. The summed E-state index contributed by atoms with van der Waals surface area (Å²) in [5.74, 6) is 0.987. The second-order valence-electron chi connectivity index (χ2n) is 6.28. The Balaban J connectivity index is 1.41. The van der Waals surface area contributed by atoms with Gasteiger partial charge >= 0.3 is 0 Å². The Kier molecular flexibility index (Phi) is 5.13. The lowest BCUT2D eigenvalue weighted by Crippen LogP contribution is -2.38. The van der Waals surface area contributed by atoms with Gasteiger partial charge in [-0.1, -0.05) is 23.9 Å². The minimum Gasteiger partial charge on any atom is -0.378 e. The zero-order chi connectivity index (χ0) is 18.8. The minimum absolute atomic E-state index is 0.220. The summed E-state index contributed by atoms with van der Waals surface area (Å²) < 4.78 is 7.46. The Morgan fingerprint density at radius 1 is 1.07 bits per heavy atom. The zero-order valence-electron chi connectivity index (χ0n) is 15.1. The Labute approximate surface area is 161 Å². The molecule has 0 radical (unpaired) electrons. The maximum atomic E-state index is 12.4. The molecule has 1 aromatic heterocycles. The fourth-order valence-electron chi connectivity index (χ4n) is 3.33. The summed E-state index contributed by atoms with van der Waals surface area (Å²) in [6.07, 6.45) is 0. The van der Waals surface area contributed by atoms with Gasteiger partial charge in [0.05, 0.1) is 24.3 Å². The van der Waals surface area contributed by atoms with Crippen LogP contribution >= 0.6 is 11.8 Å². The molecule has 0 N–H and O–H groups in total. The van der Waals surface area contributed by atoms with Gasteiger partial charge < -0.3 is 9.64 Å². The first-order valence-corrected chi connectivity index (χ1v) is 10.0. The molecule has 3 heterocycles. The van der Waals surface area contributed by atoms with Gasteiger partial charge in [-0.25, -0.2) is 0 Å². The third-order valence-electron chi connectivity index (χ3n) is 4.73. The van der Waals surface area contributed by atoms with Crippen molar-refractivity contribution in [2.45, 2.75) is 18.6 Å². The summed E-state index contributed by atoms with van der Waals surface area (Å²) in [6, 6.07) is 6.95. The standard InChI is InChI=1S/C18H21N5O3S/c1-2-22-17(21-7-10-26-11-8-21)19-20-18(22)27-12-9-23-15(24)13-5-3-4-6-14(13)16(23)25/h3-6H,2,7-12H2,1H3. The first kappa shape index (κ1) is 18.0. The molecule has 142 valence electrons. The molecule has 0 spiro atoms. The molecule has 1 saturated heterocycles. The second kappa shape index (κ2) is 7.69. The molecule has 4 rings (SSSR count). The largest absolute Gasteiger partial charge is 0.378 e. The number of carbonyl (C=O) groups excluding carboxylic acids is 2. The molecule has 27 heavy (non-hydrogen) atoms. The molecule has 0 unspecified atom stereocenters. The highest BCUT2D eigenvalue weighted by atomic mass is 32.2. The predicted octanol–water partition coefficient (Wildman–Crippen LogP) is 1.52. The van der Waals surface area contributed by atoms with Gasteiger partial charge in [-0.15, -0.1) is 10.2 Å². The molecule has 0 saturated carbocycles. The number of benzene rings is 1. The van der Waals surface area contributed by atoms with Gasteiger partial charge in [0.1, 0.15) is 0 Å². The number of nitrogens with zero attached hydrogens (tertiary/aromatic N) is 5. The van der Waals surface area contributed by atoms with E-state index in [4.69, 9.17) is 4.74 Å². The fraction of sp³-hybridized carbons (Fsp3) is 0.444. The summed E-state index contributed by atoms with van der Waals surface area (Å²) in [6.45, 7) is 6.16. The van der Waals surface area contributed by atoms with E-state index in [1.54, 1.807) is 24.3 Å². The number of anilines is 1. The van der Waals surface area contributed by atoms with E-state index < -0.39 is 0 Å². The van der Waals surface area contributed by atoms with Crippen LogP contribution in [0.2, 0.25) is 0 Å². The lowest BCUT2D eigenvalue weighted by Gasteiger charge is -2.27. The number of hydrogen-bond acceptors (Lipinski definition) is 7. The monoisotopic (exact) mass is 387 g/mol. The maximum absolute atomic E-state index is 12.4. The van der Waals surface area contributed by atoms with Crippen molar-refractivity contribution in [3.63, 3.8) is 0 Å². The van der Waals surface area contributed by atoms with Crippen molar-refractivity contribution >= 4 is 29.5 Å². The van der Waals surface area contributed by atoms with E-state index >= 15 is 0 Å². The van der Waals surface area contributed by atoms with Crippen LogP contribution in [0.1, 0.15) is 27.6 Å². The molecule has 0 atom stereocenters. The molecule has 2 aliphatic rings. The van der Waals surface area contributed by atoms with Crippen molar-refractivity contribution in [2.24, 2.45) is 0 Å². The van der Waals surface area contributed by atoms with E-state index in [1.807, 2.05) is 0 Å².